The molecule has 0 saturated heterocycles. The van der Waals surface area contributed by atoms with E-state index in [1.165, 1.54) is 31.3 Å². The summed E-state index contributed by atoms with van der Waals surface area (Å²) in [4.78, 5) is 0. The highest BCUT2D eigenvalue weighted by molar-refractivity contribution is 14.1. The molecule has 4 rings (SSSR count). The topological polar surface area (TPSA) is 14.2 Å². The number of para-hydroxylation sites is 1. The zero-order valence-corrected chi connectivity index (χ0v) is 14.7. The molecule has 1 aromatic heterocycles. The van der Waals surface area contributed by atoms with Crippen molar-refractivity contribution in [3.05, 3.63) is 68.9 Å². The highest BCUT2D eigenvalue weighted by Crippen LogP contribution is 2.36. The molecule has 2 aromatic carbocycles. The normalized spacial score (nSPS) is 18.2. The lowest BCUT2D eigenvalue weighted by molar-refractivity contribution is 0.0418. The standard InChI is InChI=1S/C19H18INO/c1-13-8-10-14(11-9-13)19-21-16-6-3-2-5-15(16)18(20)17(21)7-4-12-22-19/h2-3,5-6,8-11,19H,4,7,12H2,1H3. The van der Waals surface area contributed by atoms with Crippen LogP contribution in [0.4, 0.5) is 0 Å². The molecule has 2 nitrogen and oxygen atoms in total. The summed E-state index contributed by atoms with van der Waals surface area (Å²) in [5, 5.41) is 1.33. The summed E-state index contributed by atoms with van der Waals surface area (Å²) in [6.45, 7) is 2.93. The average molecular weight is 403 g/mol. The van der Waals surface area contributed by atoms with Gasteiger partial charge in [0.1, 0.15) is 0 Å². The van der Waals surface area contributed by atoms with E-state index >= 15 is 0 Å². The van der Waals surface area contributed by atoms with Crippen LogP contribution in [0.25, 0.3) is 10.9 Å². The molecule has 1 unspecified atom stereocenters. The van der Waals surface area contributed by atoms with Crippen molar-refractivity contribution < 1.29 is 4.74 Å². The number of ether oxygens (including phenoxy) is 1. The summed E-state index contributed by atoms with van der Waals surface area (Å²) in [5.41, 5.74) is 5.19. The molecule has 0 amide bonds. The van der Waals surface area contributed by atoms with Crippen molar-refractivity contribution >= 4 is 33.5 Å². The molecule has 0 radical (unpaired) electrons. The molecule has 22 heavy (non-hydrogen) atoms. The molecule has 0 fully saturated rings. The first-order chi connectivity index (χ1) is 10.8. The monoisotopic (exact) mass is 403 g/mol. The first-order valence-corrected chi connectivity index (χ1v) is 8.79. The average Bonchev–Trinajstić information content (AvgIpc) is 2.71. The number of aryl methyl sites for hydroxylation is 1. The minimum absolute atomic E-state index is 0.0217. The molecule has 112 valence electrons. The minimum atomic E-state index is -0.0217. The van der Waals surface area contributed by atoms with Crippen LogP contribution in [-0.2, 0) is 11.2 Å². The summed E-state index contributed by atoms with van der Waals surface area (Å²) in [5.74, 6) is 0. The van der Waals surface area contributed by atoms with Crippen molar-refractivity contribution in [3.63, 3.8) is 0 Å². The van der Waals surface area contributed by atoms with Crippen LogP contribution in [-0.4, -0.2) is 11.2 Å². The zero-order chi connectivity index (χ0) is 15.1. The molecule has 1 aliphatic rings. The van der Waals surface area contributed by atoms with Crippen molar-refractivity contribution in [3.8, 4) is 0 Å². The van der Waals surface area contributed by atoms with Gasteiger partial charge in [0, 0.05) is 26.8 Å². The molecule has 0 spiro atoms. The highest BCUT2D eigenvalue weighted by Gasteiger charge is 2.25. The van der Waals surface area contributed by atoms with Gasteiger partial charge in [-0.05, 0) is 48.4 Å². The minimum Gasteiger partial charge on any atom is -0.354 e. The van der Waals surface area contributed by atoms with E-state index in [0.29, 0.717) is 0 Å². The Morgan fingerprint density at radius 2 is 1.86 bits per heavy atom. The Kier molecular flexibility index (Phi) is 3.70. The Morgan fingerprint density at radius 1 is 1.09 bits per heavy atom. The first-order valence-electron chi connectivity index (χ1n) is 7.71. The summed E-state index contributed by atoms with van der Waals surface area (Å²) in [6.07, 6.45) is 2.14. The maximum absolute atomic E-state index is 6.24. The number of hydrogen-bond acceptors (Lipinski definition) is 1. The molecular weight excluding hydrogens is 385 g/mol. The molecule has 3 heteroatoms. The number of aromatic nitrogens is 1. The Balaban J connectivity index is 1.96. The van der Waals surface area contributed by atoms with Gasteiger partial charge in [0.15, 0.2) is 6.23 Å². The second-order valence-electron chi connectivity index (χ2n) is 5.89. The van der Waals surface area contributed by atoms with Gasteiger partial charge in [0.05, 0.1) is 5.52 Å². The van der Waals surface area contributed by atoms with Crippen molar-refractivity contribution in [1.82, 2.24) is 4.57 Å². The van der Waals surface area contributed by atoms with Crippen LogP contribution < -0.4 is 0 Å². The summed E-state index contributed by atoms with van der Waals surface area (Å²) < 4.78 is 10.0. The quantitative estimate of drug-likeness (QED) is 0.518. The van der Waals surface area contributed by atoms with E-state index < -0.39 is 0 Å². The van der Waals surface area contributed by atoms with Crippen LogP contribution in [0.1, 0.15) is 29.5 Å². The lowest BCUT2D eigenvalue weighted by Gasteiger charge is -2.21. The van der Waals surface area contributed by atoms with E-state index in [9.17, 15) is 0 Å². The van der Waals surface area contributed by atoms with Gasteiger partial charge in [0.25, 0.3) is 0 Å². The van der Waals surface area contributed by atoms with Crippen LogP contribution in [0.5, 0.6) is 0 Å². The smallest absolute Gasteiger partial charge is 0.160 e. The Labute approximate surface area is 144 Å². The Morgan fingerprint density at radius 3 is 2.68 bits per heavy atom. The number of benzene rings is 2. The third-order valence-electron chi connectivity index (χ3n) is 4.37. The second-order valence-corrected chi connectivity index (χ2v) is 6.96. The first kappa shape index (κ1) is 14.3. The number of nitrogens with zero attached hydrogens (tertiary/aromatic N) is 1. The van der Waals surface area contributed by atoms with Crippen molar-refractivity contribution in [2.45, 2.75) is 26.0 Å². The number of fused-ring (bicyclic) bond motifs is 3. The maximum Gasteiger partial charge on any atom is 0.160 e. The van der Waals surface area contributed by atoms with Gasteiger partial charge in [-0.2, -0.15) is 0 Å². The van der Waals surface area contributed by atoms with Crippen LogP contribution in [0, 0.1) is 10.5 Å². The molecular formula is C19H18INO. The predicted octanol–water partition coefficient (Wildman–Crippen LogP) is 5.06. The van der Waals surface area contributed by atoms with E-state index in [2.05, 4.69) is 82.6 Å². The molecule has 1 atom stereocenters. The van der Waals surface area contributed by atoms with E-state index in [4.69, 9.17) is 4.74 Å². The van der Waals surface area contributed by atoms with E-state index in [0.717, 1.165) is 19.4 Å². The summed E-state index contributed by atoms with van der Waals surface area (Å²) >= 11 is 2.49. The van der Waals surface area contributed by atoms with Gasteiger partial charge in [-0.15, -0.1) is 0 Å². The SMILES string of the molecule is Cc1ccc(C2OCCCc3c(I)c4ccccc4n32)cc1. The Hall–Kier alpha value is -1.33. The van der Waals surface area contributed by atoms with Gasteiger partial charge < -0.3 is 9.30 Å². The van der Waals surface area contributed by atoms with Crippen LogP contribution in [0.15, 0.2) is 48.5 Å². The van der Waals surface area contributed by atoms with Crippen LogP contribution in [0.3, 0.4) is 0 Å². The second kappa shape index (κ2) is 5.70. The third kappa shape index (κ3) is 2.27. The lowest BCUT2D eigenvalue weighted by Crippen LogP contribution is -2.14. The van der Waals surface area contributed by atoms with Crippen molar-refractivity contribution in [2.24, 2.45) is 0 Å². The number of hydrogen-bond donors (Lipinski definition) is 0. The van der Waals surface area contributed by atoms with Crippen LogP contribution >= 0.6 is 22.6 Å². The fraction of sp³-hybridized carbons (Fsp3) is 0.263. The van der Waals surface area contributed by atoms with Gasteiger partial charge >= 0.3 is 0 Å². The summed E-state index contributed by atoms with van der Waals surface area (Å²) in [6, 6.07) is 17.4. The van der Waals surface area contributed by atoms with Gasteiger partial charge in [-0.3, -0.25) is 0 Å². The van der Waals surface area contributed by atoms with Crippen molar-refractivity contribution in [2.75, 3.05) is 6.61 Å². The van der Waals surface area contributed by atoms with E-state index in [-0.39, 0.29) is 6.23 Å². The van der Waals surface area contributed by atoms with Gasteiger partial charge in [-0.25, -0.2) is 0 Å². The number of rotatable bonds is 1. The largest absolute Gasteiger partial charge is 0.354 e. The Bertz CT molecular complexity index is 819. The zero-order valence-electron chi connectivity index (χ0n) is 12.6. The van der Waals surface area contributed by atoms with Crippen molar-refractivity contribution in [1.29, 1.82) is 0 Å². The van der Waals surface area contributed by atoms with E-state index in [1.54, 1.807) is 0 Å². The summed E-state index contributed by atoms with van der Waals surface area (Å²) in [7, 11) is 0. The molecule has 1 aliphatic heterocycles. The molecule has 0 bridgehead atoms. The van der Waals surface area contributed by atoms with E-state index in [1.807, 2.05) is 0 Å². The molecule has 3 aromatic rings. The predicted molar refractivity (Wildman–Crippen MR) is 98.2 cm³/mol. The van der Waals surface area contributed by atoms with Gasteiger partial charge in [-0.1, -0.05) is 48.0 Å². The molecule has 2 heterocycles. The fourth-order valence-corrected chi connectivity index (χ4v) is 4.25. The molecule has 0 aliphatic carbocycles. The van der Waals surface area contributed by atoms with Crippen LogP contribution in [0.2, 0.25) is 0 Å². The molecule has 0 saturated carbocycles. The fourth-order valence-electron chi connectivity index (χ4n) is 3.26. The highest BCUT2D eigenvalue weighted by atomic mass is 127. The molecule has 0 N–H and O–H groups in total. The third-order valence-corrected chi connectivity index (χ3v) is 5.58. The lowest BCUT2D eigenvalue weighted by atomic mass is 10.1. The van der Waals surface area contributed by atoms with Gasteiger partial charge in [0.2, 0.25) is 0 Å². The maximum atomic E-state index is 6.24. The number of halogens is 1.